The van der Waals surface area contributed by atoms with Crippen LogP contribution in [0, 0.1) is 6.92 Å². The van der Waals surface area contributed by atoms with Crippen molar-refractivity contribution >= 4 is 11.6 Å². The zero-order chi connectivity index (χ0) is 12.8. The van der Waals surface area contributed by atoms with Gasteiger partial charge in [0.1, 0.15) is 5.15 Å². The molecule has 98 valence electrons. The second-order valence-electron chi connectivity index (χ2n) is 4.36. The van der Waals surface area contributed by atoms with E-state index in [2.05, 4.69) is 22.2 Å². The summed E-state index contributed by atoms with van der Waals surface area (Å²) in [6.45, 7) is 8.22. The van der Waals surface area contributed by atoms with Gasteiger partial charge in [0.15, 0.2) is 0 Å². The maximum absolute atomic E-state index is 6.25. The number of nitrogens with zero attached hydrogens (tertiary/aromatic N) is 3. The Hall–Kier alpha value is -0.580. The molecule has 17 heavy (non-hydrogen) atoms. The summed E-state index contributed by atoms with van der Waals surface area (Å²) in [6, 6.07) is 0. The van der Waals surface area contributed by atoms with Crippen LogP contribution in [0.1, 0.15) is 24.6 Å². The van der Waals surface area contributed by atoms with Crippen molar-refractivity contribution in [2.24, 2.45) is 7.05 Å². The summed E-state index contributed by atoms with van der Waals surface area (Å²) in [5.41, 5.74) is 2.18. The first-order valence-electron chi connectivity index (χ1n) is 6.15. The molecule has 1 aromatic rings. The van der Waals surface area contributed by atoms with Crippen molar-refractivity contribution in [3.63, 3.8) is 0 Å². The lowest BCUT2D eigenvalue weighted by Gasteiger charge is -2.21. The summed E-state index contributed by atoms with van der Waals surface area (Å²) in [5, 5.41) is 8.29. The van der Waals surface area contributed by atoms with E-state index in [0.29, 0.717) is 0 Å². The molecule has 0 aliphatic carbocycles. The Balaban J connectivity index is 2.70. The van der Waals surface area contributed by atoms with E-state index in [1.165, 1.54) is 0 Å². The minimum absolute atomic E-state index is 0.757. The molecule has 0 atom stereocenters. The summed E-state index contributed by atoms with van der Waals surface area (Å²) >= 11 is 6.25. The highest BCUT2D eigenvalue weighted by molar-refractivity contribution is 6.30. The molecule has 0 amide bonds. The molecule has 1 rings (SSSR count). The fraction of sp³-hybridized carbons (Fsp3) is 0.750. The summed E-state index contributed by atoms with van der Waals surface area (Å²) < 4.78 is 1.74. The minimum atomic E-state index is 0.757. The smallest absolute Gasteiger partial charge is 0.131 e. The van der Waals surface area contributed by atoms with Crippen LogP contribution in [0.5, 0.6) is 0 Å². The van der Waals surface area contributed by atoms with Gasteiger partial charge in [0, 0.05) is 32.2 Å². The average Bonchev–Trinajstić information content (AvgIpc) is 2.53. The quantitative estimate of drug-likeness (QED) is 0.810. The molecule has 0 radical (unpaired) electrons. The zero-order valence-corrected chi connectivity index (χ0v) is 12.0. The number of nitrogens with one attached hydrogen (secondary N) is 1. The van der Waals surface area contributed by atoms with Gasteiger partial charge in [-0.1, -0.05) is 18.5 Å². The van der Waals surface area contributed by atoms with Crippen molar-refractivity contribution in [3.05, 3.63) is 16.4 Å². The van der Waals surface area contributed by atoms with Crippen molar-refractivity contribution < 1.29 is 0 Å². The van der Waals surface area contributed by atoms with Crippen LogP contribution in [0.15, 0.2) is 0 Å². The Morgan fingerprint density at radius 3 is 2.59 bits per heavy atom. The van der Waals surface area contributed by atoms with Crippen LogP contribution in [0.3, 0.4) is 0 Å². The molecule has 0 bridgehead atoms. The van der Waals surface area contributed by atoms with E-state index < -0.39 is 0 Å². The normalized spacial score (nSPS) is 11.4. The van der Waals surface area contributed by atoms with Gasteiger partial charge in [0.2, 0.25) is 0 Å². The zero-order valence-electron chi connectivity index (χ0n) is 11.3. The number of hydrogen-bond acceptors (Lipinski definition) is 3. The molecule has 1 heterocycles. The lowest BCUT2D eigenvalue weighted by atomic mass is 10.2. The monoisotopic (exact) mass is 258 g/mol. The summed E-state index contributed by atoms with van der Waals surface area (Å²) in [7, 11) is 3.86. The fourth-order valence-electron chi connectivity index (χ4n) is 1.93. The van der Waals surface area contributed by atoms with Gasteiger partial charge in [-0.15, -0.1) is 0 Å². The molecule has 0 aliphatic heterocycles. The third-order valence-corrected chi connectivity index (χ3v) is 3.34. The Bertz CT molecular complexity index is 349. The van der Waals surface area contributed by atoms with E-state index in [1.54, 1.807) is 4.68 Å². The Kier molecular flexibility index (Phi) is 5.95. The van der Waals surface area contributed by atoms with E-state index in [4.69, 9.17) is 11.6 Å². The minimum Gasteiger partial charge on any atom is -0.318 e. The predicted octanol–water partition coefficient (Wildman–Crippen LogP) is 1.81. The molecule has 0 saturated carbocycles. The van der Waals surface area contributed by atoms with Crippen LogP contribution < -0.4 is 5.32 Å². The van der Waals surface area contributed by atoms with Crippen molar-refractivity contribution in [3.8, 4) is 0 Å². The first-order valence-corrected chi connectivity index (χ1v) is 6.52. The number of aryl methyl sites for hydroxylation is 2. The third-order valence-electron chi connectivity index (χ3n) is 2.87. The van der Waals surface area contributed by atoms with Crippen LogP contribution in [-0.4, -0.2) is 41.4 Å². The van der Waals surface area contributed by atoms with Crippen LogP contribution in [-0.2, 0) is 13.6 Å². The van der Waals surface area contributed by atoms with Crippen LogP contribution >= 0.6 is 11.6 Å². The largest absolute Gasteiger partial charge is 0.318 e. The molecule has 0 aliphatic rings. The molecule has 5 heteroatoms. The maximum atomic E-state index is 6.25. The number of hydrogen-bond donors (Lipinski definition) is 1. The highest BCUT2D eigenvalue weighted by atomic mass is 35.5. The second kappa shape index (κ2) is 6.99. The first kappa shape index (κ1) is 14.5. The van der Waals surface area contributed by atoms with Crippen LogP contribution in [0.4, 0.5) is 0 Å². The summed E-state index contributed by atoms with van der Waals surface area (Å²) in [5.74, 6) is 0. The molecule has 0 spiro atoms. The van der Waals surface area contributed by atoms with E-state index in [1.807, 2.05) is 21.0 Å². The Morgan fingerprint density at radius 2 is 2.12 bits per heavy atom. The van der Waals surface area contributed by atoms with Gasteiger partial charge in [0.25, 0.3) is 0 Å². The van der Waals surface area contributed by atoms with Gasteiger partial charge < -0.3 is 5.32 Å². The van der Waals surface area contributed by atoms with Crippen molar-refractivity contribution in [1.29, 1.82) is 0 Å². The van der Waals surface area contributed by atoms with Gasteiger partial charge in [-0.05, 0) is 26.9 Å². The highest BCUT2D eigenvalue weighted by Gasteiger charge is 2.14. The topological polar surface area (TPSA) is 33.1 Å². The van der Waals surface area contributed by atoms with Gasteiger partial charge in [-0.3, -0.25) is 9.58 Å². The average molecular weight is 259 g/mol. The number of rotatable bonds is 7. The molecule has 0 aromatic carbocycles. The first-order chi connectivity index (χ1) is 8.10. The Labute approximate surface area is 109 Å². The summed E-state index contributed by atoms with van der Waals surface area (Å²) in [6.07, 6.45) is 1.15. The van der Waals surface area contributed by atoms with Crippen molar-refractivity contribution in [1.82, 2.24) is 20.0 Å². The fourth-order valence-corrected chi connectivity index (χ4v) is 2.17. The highest BCUT2D eigenvalue weighted by Crippen LogP contribution is 2.20. The van der Waals surface area contributed by atoms with E-state index in [9.17, 15) is 0 Å². The van der Waals surface area contributed by atoms with Gasteiger partial charge >= 0.3 is 0 Å². The molecular weight excluding hydrogens is 236 g/mol. The van der Waals surface area contributed by atoms with Gasteiger partial charge in [0.05, 0.1) is 5.69 Å². The lowest BCUT2D eigenvalue weighted by Crippen LogP contribution is -2.31. The molecule has 0 fully saturated rings. The SMILES string of the molecule is CCCN(CCNC)Cc1c(C)nn(C)c1Cl. The number of halogens is 1. The molecule has 0 saturated heterocycles. The molecule has 4 nitrogen and oxygen atoms in total. The molecule has 1 aromatic heterocycles. The molecule has 1 N–H and O–H groups in total. The van der Waals surface area contributed by atoms with E-state index in [0.717, 1.165) is 49.0 Å². The Morgan fingerprint density at radius 1 is 1.41 bits per heavy atom. The van der Waals surface area contributed by atoms with Crippen molar-refractivity contribution in [2.45, 2.75) is 26.8 Å². The summed E-state index contributed by atoms with van der Waals surface area (Å²) in [4.78, 5) is 2.41. The molecule has 0 unspecified atom stereocenters. The van der Waals surface area contributed by atoms with Crippen LogP contribution in [0.2, 0.25) is 5.15 Å². The molecular formula is C12H23ClN4. The standard InChI is InChI=1S/C12H23ClN4/c1-5-7-17(8-6-14-3)9-11-10(2)15-16(4)12(11)13/h14H,5-9H2,1-4H3. The number of aromatic nitrogens is 2. The maximum Gasteiger partial charge on any atom is 0.131 e. The van der Waals surface area contributed by atoms with Crippen LogP contribution in [0.25, 0.3) is 0 Å². The third kappa shape index (κ3) is 3.98. The second-order valence-corrected chi connectivity index (χ2v) is 4.72. The van der Waals surface area contributed by atoms with Gasteiger partial charge in [-0.25, -0.2) is 0 Å². The van der Waals surface area contributed by atoms with E-state index in [-0.39, 0.29) is 0 Å². The lowest BCUT2D eigenvalue weighted by molar-refractivity contribution is 0.267. The van der Waals surface area contributed by atoms with Crippen molar-refractivity contribution in [2.75, 3.05) is 26.7 Å². The van der Waals surface area contributed by atoms with E-state index >= 15 is 0 Å². The number of likely N-dealkylation sites (N-methyl/N-ethyl adjacent to an activating group) is 1. The predicted molar refractivity (Wildman–Crippen MR) is 72.4 cm³/mol. The van der Waals surface area contributed by atoms with Gasteiger partial charge in [-0.2, -0.15) is 5.10 Å².